The summed E-state index contributed by atoms with van der Waals surface area (Å²) in [7, 11) is 0. The maximum Gasteiger partial charge on any atom is 0.0995 e. The van der Waals surface area contributed by atoms with E-state index in [1.165, 1.54) is 0 Å². The second-order valence-electron chi connectivity index (χ2n) is 8.79. The van der Waals surface area contributed by atoms with Gasteiger partial charge in [-0.1, -0.05) is 60.7 Å². The molecule has 5 heterocycles. The van der Waals surface area contributed by atoms with Gasteiger partial charge in [0.15, 0.2) is 0 Å². The van der Waals surface area contributed by atoms with Gasteiger partial charge in [-0.25, -0.2) is 9.97 Å². The first-order valence-electron chi connectivity index (χ1n) is 11.6. The molecule has 0 saturated heterocycles. The molecular formula is C30H17N5. The molecule has 3 aromatic carbocycles. The summed E-state index contributed by atoms with van der Waals surface area (Å²) in [5.41, 5.74) is 8.91. The lowest BCUT2D eigenvalue weighted by molar-refractivity contribution is 1.27. The highest BCUT2D eigenvalue weighted by molar-refractivity contribution is 6.30. The van der Waals surface area contributed by atoms with Gasteiger partial charge >= 0.3 is 0 Å². The van der Waals surface area contributed by atoms with Crippen molar-refractivity contribution in [2.45, 2.75) is 0 Å². The second kappa shape index (κ2) is 6.81. The summed E-state index contributed by atoms with van der Waals surface area (Å²) in [4.78, 5) is 19.4. The van der Waals surface area contributed by atoms with Gasteiger partial charge in [0.2, 0.25) is 0 Å². The smallest absolute Gasteiger partial charge is 0.0995 e. The van der Waals surface area contributed by atoms with Gasteiger partial charge in [0.05, 0.1) is 51.4 Å². The lowest BCUT2D eigenvalue weighted by atomic mass is 10.0. The zero-order chi connectivity index (χ0) is 22.9. The van der Waals surface area contributed by atoms with E-state index in [2.05, 4.69) is 56.8 Å². The number of hydrogen-bond donors (Lipinski definition) is 0. The molecule has 8 rings (SSSR count). The fourth-order valence-corrected chi connectivity index (χ4v) is 5.41. The number of fused-ring (bicyclic) bond motifs is 8. The Kier molecular flexibility index (Phi) is 3.60. The van der Waals surface area contributed by atoms with E-state index in [-0.39, 0.29) is 0 Å². The molecule has 0 radical (unpaired) electrons. The summed E-state index contributed by atoms with van der Waals surface area (Å²) in [6.07, 6.45) is 7.55. The SMILES string of the molecule is c1ccc(-c2nc3cc4c5ccncc5n5c6cnccc6c(c3nc2-c2ccccc2)c45)cc1. The zero-order valence-corrected chi connectivity index (χ0v) is 18.6. The molecule has 0 aliphatic carbocycles. The van der Waals surface area contributed by atoms with Gasteiger partial charge in [-0.15, -0.1) is 0 Å². The van der Waals surface area contributed by atoms with Crippen LogP contribution >= 0.6 is 0 Å². The predicted molar refractivity (Wildman–Crippen MR) is 141 cm³/mol. The van der Waals surface area contributed by atoms with Crippen molar-refractivity contribution in [1.29, 1.82) is 0 Å². The molecule has 0 spiro atoms. The van der Waals surface area contributed by atoms with Crippen molar-refractivity contribution in [3.05, 3.63) is 104 Å². The summed E-state index contributed by atoms with van der Waals surface area (Å²) in [5.74, 6) is 0. The fraction of sp³-hybridized carbons (Fsp3) is 0. The van der Waals surface area contributed by atoms with Crippen LogP contribution in [0, 0.1) is 0 Å². The molecule has 0 amide bonds. The number of benzene rings is 3. The van der Waals surface area contributed by atoms with Crippen LogP contribution in [-0.4, -0.2) is 24.3 Å². The van der Waals surface area contributed by atoms with E-state index in [9.17, 15) is 0 Å². The molecule has 5 nitrogen and oxygen atoms in total. The third-order valence-electron chi connectivity index (χ3n) is 6.89. The molecule has 0 atom stereocenters. The number of aromatic nitrogens is 5. The van der Waals surface area contributed by atoms with Crippen molar-refractivity contribution in [2.75, 3.05) is 0 Å². The van der Waals surface area contributed by atoms with Crippen LogP contribution in [-0.2, 0) is 0 Å². The molecule has 0 N–H and O–H groups in total. The molecule has 0 aliphatic rings. The molecule has 0 bridgehead atoms. The number of hydrogen-bond acceptors (Lipinski definition) is 4. The maximum absolute atomic E-state index is 5.33. The Bertz CT molecular complexity index is 2040. The van der Waals surface area contributed by atoms with E-state index < -0.39 is 0 Å². The first-order chi connectivity index (χ1) is 17.4. The molecule has 5 heteroatoms. The molecular weight excluding hydrogens is 430 g/mol. The van der Waals surface area contributed by atoms with Gasteiger partial charge < -0.3 is 4.40 Å². The highest BCUT2D eigenvalue weighted by atomic mass is 14.9. The Morgan fingerprint density at radius 1 is 0.571 bits per heavy atom. The normalized spacial score (nSPS) is 12.0. The summed E-state index contributed by atoms with van der Waals surface area (Å²) >= 11 is 0. The van der Waals surface area contributed by atoms with E-state index in [0.29, 0.717) is 0 Å². The van der Waals surface area contributed by atoms with Gasteiger partial charge in [-0.05, 0) is 18.2 Å². The minimum Gasteiger partial charge on any atom is -0.305 e. The average Bonchev–Trinajstić information content (AvgIpc) is 3.45. The molecule has 0 fully saturated rings. The van der Waals surface area contributed by atoms with Crippen molar-refractivity contribution in [2.24, 2.45) is 0 Å². The van der Waals surface area contributed by atoms with Crippen LogP contribution in [0.2, 0.25) is 0 Å². The van der Waals surface area contributed by atoms with E-state index in [1.807, 2.05) is 61.2 Å². The van der Waals surface area contributed by atoms with Crippen LogP contribution in [0.15, 0.2) is 104 Å². The monoisotopic (exact) mass is 447 g/mol. The fourth-order valence-electron chi connectivity index (χ4n) is 5.41. The molecule has 0 saturated carbocycles. The standard InChI is InChI=1S/C30H17N5/c1-3-7-18(8-4-1)27-28(19-9-5-2-6-10-19)34-29-23(33-27)15-22-20-11-13-31-16-24(20)35-25-17-32-14-12-21(25)26(29)30(22)35/h1-17H. The van der Waals surface area contributed by atoms with Crippen molar-refractivity contribution >= 4 is 49.1 Å². The quantitative estimate of drug-likeness (QED) is 0.289. The van der Waals surface area contributed by atoms with Crippen molar-refractivity contribution in [3.63, 3.8) is 0 Å². The van der Waals surface area contributed by atoms with Crippen molar-refractivity contribution in [3.8, 4) is 22.5 Å². The van der Waals surface area contributed by atoms with Crippen molar-refractivity contribution < 1.29 is 0 Å². The van der Waals surface area contributed by atoms with Crippen LogP contribution in [0.25, 0.3) is 71.6 Å². The van der Waals surface area contributed by atoms with Crippen LogP contribution in [0.3, 0.4) is 0 Å². The lowest BCUT2D eigenvalue weighted by Gasteiger charge is -2.11. The van der Waals surface area contributed by atoms with E-state index in [1.54, 1.807) is 0 Å². The predicted octanol–water partition coefficient (Wildman–Crippen LogP) is 6.90. The Morgan fingerprint density at radius 2 is 1.17 bits per heavy atom. The molecule has 35 heavy (non-hydrogen) atoms. The lowest BCUT2D eigenvalue weighted by Crippen LogP contribution is -1.96. The maximum atomic E-state index is 5.33. The van der Waals surface area contributed by atoms with Crippen LogP contribution < -0.4 is 0 Å². The summed E-state index contributed by atoms with van der Waals surface area (Å²) in [6.45, 7) is 0. The minimum absolute atomic E-state index is 0.881. The Hall–Kier alpha value is -4.90. The molecule has 0 aliphatic heterocycles. The minimum atomic E-state index is 0.881. The van der Waals surface area contributed by atoms with Crippen molar-refractivity contribution in [1.82, 2.24) is 24.3 Å². The molecule has 0 unspecified atom stereocenters. The van der Waals surface area contributed by atoms with Crippen LogP contribution in [0.5, 0.6) is 0 Å². The van der Waals surface area contributed by atoms with Gasteiger partial charge in [0.1, 0.15) is 0 Å². The molecule has 8 aromatic rings. The van der Waals surface area contributed by atoms with Gasteiger partial charge in [-0.3, -0.25) is 9.97 Å². The van der Waals surface area contributed by atoms with Crippen LogP contribution in [0.1, 0.15) is 0 Å². The molecule has 5 aromatic heterocycles. The summed E-state index contributed by atoms with van der Waals surface area (Å²) in [5, 5.41) is 4.54. The highest BCUT2D eigenvalue weighted by Crippen LogP contribution is 2.43. The number of pyridine rings is 2. The Labute approximate surface area is 199 Å². The topological polar surface area (TPSA) is 56.0 Å². The highest BCUT2D eigenvalue weighted by Gasteiger charge is 2.23. The van der Waals surface area contributed by atoms with E-state index in [0.717, 1.165) is 71.6 Å². The van der Waals surface area contributed by atoms with E-state index >= 15 is 0 Å². The first-order valence-corrected chi connectivity index (χ1v) is 11.6. The van der Waals surface area contributed by atoms with Crippen LogP contribution in [0.4, 0.5) is 0 Å². The third kappa shape index (κ3) is 2.47. The zero-order valence-electron chi connectivity index (χ0n) is 18.6. The Morgan fingerprint density at radius 3 is 1.86 bits per heavy atom. The summed E-state index contributed by atoms with van der Waals surface area (Å²) < 4.78 is 2.27. The van der Waals surface area contributed by atoms with Gasteiger partial charge in [0.25, 0.3) is 0 Å². The first kappa shape index (κ1) is 18.5. The molecule has 162 valence electrons. The summed E-state index contributed by atoms with van der Waals surface area (Å²) in [6, 6.07) is 27.0. The third-order valence-corrected chi connectivity index (χ3v) is 6.89. The second-order valence-corrected chi connectivity index (χ2v) is 8.79. The average molecular weight is 448 g/mol. The number of nitrogens with zero attached hydrogens (tertiary/aromatic N) is 5. The van der Waals surface area contributed by atoms with E-state index in [4.69, 9.17) is 9.97 Å². The largest absolute Gasteiger partial charge is 0.305 e. The Balaban J connectivity index is 1.63. The van der Waals surface area contributed by atoms with Gasteiger partial charge in [0, 0.05) is 45.1 Å². The number of rotatable bonds is 2. The van der Waals surface area contributed by atoms with Gasteiger partial charge in [-0.2, -0.15) is 0 Å².